The third-order valence-corrected chi connectivity index (χ3v) is 5.47. The van der Waals surface area contributed by atoms with Gasteiger partial charge in [0.15, 0.2) is 5.82 Å². The van der Waals surface area contributed by atoms with Gasteiger partial charge in [0.05, 0.1) is 17.8 Å². The molecule has 0 unspecified atom stereocenters. The minimum Gasteiger partial charge on any atom is -0.455 e. The van der Waals surface area contributed by atoms with E-state index in [2.05, 4.69) is 24.6 Å². The van der Waals surface area contributed by atoms with Crippen molar-refractivity contribution in [2.24, 2.45) is 10.9 Å². The summed E-state index contributed by atoms with van der Waals surface area (Å²) >= 11 is 0. The summed E-state index contributed by atoms with van der Waals surface area (Å²) in [6, 6.07) is 4.70. The van der Waals surface area contributed by atoms with Crippen LogP contribution >= 0.6 is 0 Å². The summed E-state index contributed by atoms with van der Waals surface area (Å²) in [5.41, 5.74) is 1.89. The van der Waals surface area contributed by atoms with E-state index in [-0.39, 0.29) is 5.60 Å². The van der Waals surface area contributed by atoms with Gasteiger partial charge in [0.25, 0.3) is 6.02 Å². The predicted molar refractivity (Wildman–Crippen MR) is 88.8 cm³/mol. The van der Waals surface area contributed by atoms with Crippen molar-refractivity contribution in [3.8, 4) is 0 Å². The van der Waals surface area contributed by atoms with Gasteiger partial charge in [0, 0.05) is 24.9 Å². The normalized spacial score (nSPS) is 32.3. The van der Waals surface area contributed by atoms with E-state index in [4.69, 9.17) is 4.74 Å². The minimum atomic E-state index is -0.110. The lowest BCUT2D eigenvalue weighted by atomic mass is 9.75. The Labute approximate surface area is 135 Å². The molecule has 6 rings (SSSR count). The maximum absolute atomic E-state index is 6.34. The predicted octanol–water partition coefficient (Wildman–Crippen LogP) is 1.91. The van der Waals surface area contributed by atoms with E-state index in [9.17, 15) is 0 Å². The van der Waals surface area contributed by atoms with Gasteiger partial charge in [-0.1, -0.05) is 0 Å². The molecular weight excluding hydrogens is 290 g/mol. The lowest BCUT2D eigenvalue weighted by molar-refractivity contribution is -0.0829. The van der Waals surface area contributed by atoms with Gasteiger partial charge in [-0.2, -0.15) is 0 Å². The number of hydrogen-bond donors (Lipinski definition) is 1. The van der Waals surface area contributed by atoms with Crippen LogP contribution in [0, 0.1) is 12.8 Å². The SMILES string of the molecule is Cc1cn2cccc2c(NC2=NC[C@@]3(CN4CCC3CC4)O2)n1. The van der Waals surface area contributed by atoms with Gasteiger partial charge in [-0.15, -0.1) is 0 Å². The number of fused-ring (bicyclic) bond motifs is 3. The fraction of sp³-hybridized carbons (Fsp3) is 0.529. The molecule has 6 nitrogen and oxygen atoms in total. The van der Waals surface area contributed by atoms with Crippen LogP contribution in [0.5, 0.6) is 0 Å². The van der Waals surface area contributed by atoms with Gasteiger partial charge >= 0.3 is 0 Å². The van der Waals surface area contributed by atoms with Crippen molar-refractivity contribution in [2.45, 2.75) is 25.4 Å². The molecule has 0 saturated carbocycles. The number of rotatable bonds is 1. The lowest BCUT2D eigenvalue weighted by Crippen LogP contribution is -2.61. The molecule has 23 heavy (non-hydrogen) atoms. The van der Waals surface area contributed by atoms with E-state index >= 15 is 0 Å². The van der Waals surface area contributed by atoms with Crippen molar-refractivity contribution in [1.82, 2.24) is 14.3 Å². The second-order valence-electron chi connectivity index (χ2n) is 7.00. The monoisotopic (exact) mass is 311 g/mol. The fourth-order valence-corrected chi connectivity index (χ4v) is 4.31. The van der Waals surface area contributed by atoms with E-state index < -0.39 is 0 Å². The molecule has 4 aliphatic heterocycles. The Hall–Kier alpha value is -2.08. The van der Waals surface area contributed by atoms with Crippen LogP contribution in [0.2, 0.25) is 0 Å². The number of nitrogens with zero attached hydrogens (tertiary/aromatic N) is 4. The smallest absolute Gasteiger partial charge is 0.291 e. The van der Waals surface area contributed by atoms with Crippen LogP contribution in [0.1, 0.15) is 18.5 Å². The van der Waals surface area contributed by atoms with Crippen molar-refractivity contribution in [1.29, 1.82) is 0 Å². The molecule has 1 N–H and O–H groups in total. The maximum atomic E-state index is 6.34. The number of nitrogens with one attached hydrogen (secondary N) is 1. The standard InChI is InChI=1S/C17H21N5O/c1-12-9-22-6-2-3-14(22)15(19-12)20-16-18-10-17(23-16)11-21-7-4-13(17)5-8-21/h2-3,6,9,13H,4-5,7-8,10-11H2,1H3,(H,18,19,20)/t17-/m0/s1. The lowest BCUT2D eigenvalue weighted by Gasteiger charge is -2.50. The highest BCUT2D eigenvalue weighted by atomic mass is 16.5. The third-order valence-electron chi connectivity index (χ3n) is 5.47. The summed E-state index contributed by atoms with van der Waals surface area (Å²) < 4.78 is 8.41. The topological polar surface area (TPSA) is 54.2 Å². The Morgan fingerprint density at radius 3 is 3.00 bits per heavy atom. The average Bonchev–Trinajstić information content (AvgIpc) is 3.16. The highest BCUT2D eigenvalue weighted by Gasteiger charge is 2.51. The van der Waals surface area contributed by atoms with Gasteiger partial charge in [-0.25, -0.2) is 9.98 Å². The zero-order chi connectivity index (χ0) is 15.4. The van der Waals surface area contributed by atoms with Crippen molar-refractivity contribution >= 4 is 17.4 Å². The molecule has 1 atom stereocenters. The molecule has 0 radical (unpaired) electrons. The highest BCUT2D eigenvalue weighted by molar-refractivity contribution is 5.93. The van der Waals surface area contributed by atoms with Crippen LogP contribution in [0.3, 0.4) is 0 Å². The third kappa shape index (κ3) is 2.05. The number of ether oxygens (including phenoxy) is 1. The number of anilines is 1. The van der Waals surface area contributed by atoms with Crippen LogP contribution in [0.4, 0.5) is 5.82 Å². The van der Waals surface area contributed by atoms with E-state index in [1.807, 2.05) is 31.5 Å². The van der Waals surface area contributed by atoms with Crippen molar-refractivity contribution < 1.29 is 4.74 Å². The molecule has 2 aromatic rings. The molecular formula is C17H21N5O. The second-order valence-corrected chi connectivity index (χ2v) is 7.00. The van der Waals surface area contributed by atoms with Gasteiger partial charge in [0.1, 0.15) is 5.60 Å². The molecule has 0 amide bonds. The summed E-state index contributed by atoms with van der Waals surface area (Å²) in [5.74, 6) is 1.45. The van der Waals surface area contributed by atoms with Crippen LogP contribution in [-0.4, -0.2) is 52.1 Å². The Morgan fingerprint density at radius 2 is 2.22 bits per heavy atom. The Morgan fingerprint density at radius 1 is 1.35 bits per heavy atom. The molecule has 2 bridgehead atoms. The van der Waals surface area contributed by atoms with Crippen LogP contribution < -0.4 is 5.32 Å². The number of aliphatic imine (C=N–C) groups is 1. The molecule has 6 heteroatoms. The number of aromatic nitrogens is 2. The molecule has 4 aliphatic rings. The zero-order valence-electron chi connectivity index (χ0n) is 13.3. The van der Waals surface area contributed by atoms with E-state index in [0.29, 0.717) is 11.9 Å². The van der Waals surface area contributed by atoms with Crippen molar-refractivity contribution in [3.05, 3.63) is 30.2 Å². The molecule has 3 fully saturated rings. The van der Waals surface area contributed by atoms with E-state index in [1.165, 1.54) is 25.9 Å². The summed E-state index contributed by atoms with van der Waals surface area (Å²) in [4.78, 5) is 11.8. The highest BCUT2D eigenvalue weighted by Crippen LogP contribution is 2.40. The van der Waals surface area contributed by atoms with Gasteiger partial charge in [-0.3, -0.25) is 10.2 Å². The van der Waals surface area contributed by atoms with Gasteiger partial charge < -0.3 is 9.14 Å². The molecule has 0 aliphatic carbocycles. The molecule has 0 aromatic carbocycles. The van der Waals surface area contributed by atoms with Crippen LogP contribution in [-0.2, 0) is 4.74 Å². The molecule has 3 saturated heterocycles. The number of hydrogen-bond acceptors (Lipinski definition) is 5. The Balaban J connectivity index is 1.40. The van der Waals surface area contributed by atoms with Crippen molar-refractivity contribution in [3.63, 3.8) is 0 Å². The first kappa shape index (κ1) is 13.4. The van der Waals surface area contributed by atoms with E-state index in [1.54, 1.807) is 0 Å². The fourth-order valence-electron chi connectivity index (χ4n) is 4.31. The Bertz CT molecular complexity index is 789. The molecule has 2 aromatic heterocycles. The average molecular weight is 311 g/mol. The quantitative estimate of drug-likeness (QED) is 0.874. The maximum Gasteiger partial charge on any atom is 0.291 e. The minimum absolute atomic E-state index is 0.110. The first-order valence-electron chi connectivity index (χ1n) is 8.39. The zero-order valence-corrected chi connectivity index (χ0v) is 13.3. The van der Waals surface area contributed by atoms with Crippen molar-refractivity contribution in [2.75, 3.05) is 31.5 Å². The first-order valence-corrected chi connectivity index (χ1v) is 8.39. The molecule has 1 spiro atoms. The molecule has 6 heterocycles. The van der Waals surface area contributed by atoms with Crippen LogP contribution in [0.15, 0.2) is 29.5 Å². The first-order chi connectivity index (χ1) is 11.2. The van der Waals surface area contributed by atoms with Crippen LogP contribution in [0.25, 0.3) is 5.52 Å². The number of aryl methyl sites for hydroxylation is 1. The molecule has 120 valence electrons. The van der Waals surface area contributed by atoms with Gasteiger partial charge in [-0.05, 0) is 45.0 Å². The second kappa shape index (κ2) is 4.71. The van der Waals surface area contributed by atoms with Gasteiger partial charge in [0.2, 0.25) is 0 Å². The Kier molecular flexibility index (Phi) is 2.74. The number of piperidine rings is 3. The van der Waals surface area contributed by atoms with E-state index in [0.717, 1.165) is 30.1 Å². The summed E-state index contributed by atoms with van der Waals surface area (Å²) in [6.07, 6.45) is 6.51. The summed E-state index contributed by atoms with van der Waals surface area (Å²) in [5, 5.41) is 3.32. The largest absolute Gasteiger partial charge is 0.455 e. The summed E-state index contributed by atoms with van der Waals surface area (Å²) in [6.45, 7) is 6.19. The number of amidine groups is 1. The summed E-state index contributed by atoms with van der Waals surface area (Å²) in [7, 11) is 0.